The van der Waals surface area contributed by atoms with Crippen LogP contribution < -0.4 is 0 Å². The zero-order valence-electron chi connectivity index (χ0n) is 11.0. The first-order chi connectivity index (χ1) is 9.72. The number of benzene rings is 2. The molecule has 0 bridgehead atoms. The molecule has 0 aromatic heterocycles. The number of hydrogen-bond acceptors (Lipinski definition) is 2. The first-order valence-electron chi connectivity index (χ1n) is 6.41. The van der Waals surface area contributed by atoms with Crippen LogP contribution in [0, 0.1) is 5.82 Å². The minimum Gasteiger partial charge on any atom is -0.395 e. The van der Waals surface area contributed by atoms with E-state index < -0.39 is 11.7 Å². The lowest BCUT2D eigenvalue weighted by Gasteiger charge is -2.22. The highest BCUT2D eigenvalue weighted by Gasteiger charge is 2.18. The minimum atomic E-state index is -0.548. The number of hydrogen-bond donors (Lipinski definition) is 1. The molecule has 2 aromatic carbocycles. The van der Waals surface area contributed by atoms with Crippen LogP contribution in [0.5, 0.6) is 0 Å². The molecule has 0 atom stereocenters. The van der Waals surface area contributed by atoms with Gasteiger partial charge in [0.25, 0.3) is 5.91 Å². The van der Waals surface area contributed by atoms with Gasteiger partial charge in [-0.2, -0.15) is 0 Å². The molecular formula is C16H16FNO2. The highest BCUT2D eigenvalue weighted by Crippen LogP contribution is 2.12. The van der Waals surface area contributed by atoms with E-state index in [1.807, 2.05) is 30.3 Å². The van der Waals surface area contributed by atoms with Crippen molar-refractivity contribution in [3.63, 3.8) is 0 Å². The summed E-state index contributed by atoms with van der Waals surface area (Å²) in [5.41, 5.74) is 0.961. The van der Waals surface area contributed by atoms with Crippen LogP contribution in [0.3, 0.4) is 0 Å². The van der Waals surface area contributed by atoms with Crippen LogP contribution in [0.15, 0.2) is 54.6 Å². The summed E-state index contributed by atoms with van der Waals surface area (Å²) in [6.07, 6.45) is 0. The van der Waals surface area contributed by atoms with Crippen LogP contribution in [-0.4, -0.2) is 29.1 Å². The zero-order valence-corrected chi connectivity index (χ0v) is 11.0. The number of carbonyl (C=O) groups excluding carboxylic acids is 1. The number of rotatable bonds is 5. The van der Waals surface area contributed by atoms with Gasteiger partial charge in [0.1, 0.15) is 5.82 Å². The standard InChI is InChI=1S/C16H16FNO2/c17-15-9-5-4-8-14(15)16(20)18(10-11-19)12-13-6-2-1-3-7-13/h1-9,19H,10-12H2. The van der Waals surface area contributed by atoms with Crippen molar-refractivity contribution in [2.75, 3.05) is 13.2 Å². The maximum Gasteiger partial charge on any atom is 0.257 e. The molecule has 2 rings (SSSR count). The van der Waals surface area contributed by atoms with E-state index in [1.165, 1.54) is 17.0 Å². The Balaban J connectivity index is 2.20. The molecular weight excluding hydrogens is 257 g/mol. The molecule has 104 valence electrons. The van der Waals surface area contributed by atoms with E-state index in [-0.39, 0.29) is 18.7 Å². The fraction of sp³-hybridized carbons (Fsp3) is 0.188. The van der Waals surface area contributed by atoms with Gasteiger partial charge in [-0.1, -0.05) is 42.5 Å². The Bertz CT molecular complexity index is 572. The lowest BCUT2D eigenvalue weighted by Crippen LogP contribution is -2.33. The topological polar surface area (TPSA) is 40.5 Å². The average molecular weight is 273 g/mol. The summed E-state index contributed by atoms with van der Waals surface area (Å²) in [7, 11) is 0. The predicted molar refractivity (Wildman–Crippen MR) is 74.7 cm³/mol. The Morgan fingerprint density at radius 3 is 2.35 bits per heavy atom. The molecule has 0 aliphatic carbocycles. The Morgan fingerprint density at radius 2 is 1.70 bits per heavy atom. The first kappa shape index (κ1) is 14.2. The third-order valence-corrected chi connectivity index (χ3v) is 2.98. The lowest BCUT2D eigenvalue weighted by atomic mass is 10.1. The van der Waals surface area contributed by atoms with Gasteiger partial charge in [0, 0.05) is 13.1 Å². The Labute approximate surface area is 117 Å². The smallest absolute Gasteiger partial charge is 0.257 e. The molecule has 3 nitrogen and oxygen atoms in total. The normalized spacial score (nSPS) is 10.3. The third-order valence-electron chi connectivity index (χ3n) is 2.98. The van der Waals surface area contributed by atoms with Crippen molar-refractivity contribution >= 4 is 5.91 Å². The van der Waals surface area contributed by atoms with Crippen LogP contribution in [-0.2, 0) is 6.54 Å². The highest BCUT2D eigenvalue weighted by molar-refractivity contribution is 5.94. The summed E-state index contributed by atoms with van der Waals surface area (Å²) < 4.78 is 13.7. The highest BCUT2D eigenvalue weighted by atomic mass is 19.1. The van der Waals surface area contributed by atoms with E-state index in [0.717, 1.165) is 5.56 Å². The summed E-state index contributed by atoms with van der Waals surface area (Å²) >= 11 is 0. The van der Waals surface area contributed by atoms with E-state index in [9.17, 15) is 9.18 Å². The van der Waals surface area contributed by atoms with Gasteiger partial charge in [-0.15, -0.1) is 0 Å². The molecule has 20 heavy (non-hydrogen) atoms. The van der Waals surface area contributed by atoms with Gasteiger partial charge in [0.15, 0.2) is 0 Å². The van der Waals surface area contributed by atoms with Gasteiger partial charge in [0.2, 0.25) is 0 Å². The van der Waals surface area contributed by atoms with Gasteiger partial charge < -0.3 is 10.0 Å². The number of nitrogens with zero attached hydrogens (tertiary/aromatic N) is 1. The van der Waals surface area contributed by atoms with Crippen molar-refractivity contribution in [1.82, 2.24) is 4.90 Å². The van der Waals surface area contributed by atoms with Gasteiger partial charge in [-0.3, -0.25) is 4.79 Å². The Kier molecular flexibility index (Phi) is 4.85. The van der Waals surface area contributed by atoms with Crippen LogP contribution in [0.4, 0.5) is 4.39 Å². The summed E-state index contributed by atoms with van der Waals surface area (Å²) in [5, 5.41) is 9.09. The fourth-order valence-corrected chi connectivity index (χ4v) is 1.98. The van der Waals surface area contributed by atoms with E-state index in [0.29, 0.717) is 6.54 Å². The molecule has 0 saturated carbocycles. The fourth-order valence-electron chi connectivity index (χ4n) is 1.98. The number of carbonyl (C=O) groups is 1. The maximum atomic E-state index is 13.7. The average Bonchev–Trinajstić information content (AvgIpc) is 2.48. The molecule has 0 radical (unpaired) electrons. The van der Waals surface area contributed by atoms with Gasteiger partial charge in [-0.25, -0.2) is 4.39 Å². The summed E-state index contributed by atoms with van der Waals surface area (Å²) in [5.74, 6) is -0.963. The minimum absolute atomic E-state index is 0.0249. The van der Waals surface area contributed by atoms with Crippen LogP contribution in [0.2, 0.25) is 0 Å². The SMILES string of the molecule is O=C(c1ccccc1F)N(CCO)Cc1ccccc1. The molecule has 0 unspecified atom stereocenters. The molecule has 1 amide bonds. The van der Waals surface area contributed by atoms with Crippen LogP contribution >= 0.6 is 0 Å². The largest absolute Gasteiger partial charge is 0.395 e. The molecule has 0 aliphatic rings. The quantitative estimate of drug-likeness (QED) is 0.909. The maximum absolute atomic E-state index is 13.7. The molecule has 4 heteroatoms. The van der Waals surface area contributed by atoms with E-state index in [2.05, 4.69) is 0 Å². The van der Waals surface area contributed by atoms with Crippen molar-refractivity contribution < 1.29 is 14.3 Å². The van der Waals surface area contributed by atoms with E-state index >= 15 is 0 Å². The summed E-state index contributed by atoms with van der Waals surface area (Å²) in [4.78, 5) is 13.8. The van der Waals surface area contributed by atoms with Gasteiger partial charge >= 0.3 is 0 Å². The summed E-state index contributed by atoms with van der Waals surface area (Å²) in [6.45, 7) is 0.351. The van der Waals surface area contributed by atoms with Crippen molar-refractivity contribution in [3.05, 3.63) is 71.5 Å². The molecule has 0 heterocycles. The number of amides is 1. The number of aliphatic hydroxyl groups is 1. The zero-order chi connectivity index (χ0) is 14.4. The van der Waals surface area contributed by atoms with Crippen molar-refractivity contribution in [1.29, 1.82) is 0 Å². The van der Waals surface area contributed by atoms with Gasteiger partial charge in [-0.05, 0) is 17.7 Å². The first-order valence-corrected chi connectivity index (χ1v) is 6.41. The van der Waals surface area contributed by atoms with Crippen LogP contribution in [0.25, 0.3) is 0 Å². The number of aliphatic hydroxyl groups excluding tert-OH is 1. The third kappa shape index (κ3) is 3.42. The predicted octanol–water partition coefficient (Wildman–Crippen LogP) is 2.46. The molecule has 0 spiro atoms. The molecule has 1 N–H and O–H groups in total. The Morgan fingerprint density at radius 1 is 1.05 bits per heavy atom. The second-order valence-electron chi connectivity index (χ2n) is 4.42. The molecule has 0 saturated heterocycles. The van der Waals surface area contributed by atoms with E-state index in [4.69, 9.17) is 5.11 Å². The van der Waals surface area contributed by atoms with Crippen molar-refractivity contribution in [2.45, 2.75) is 6.54 Å². The van der Waals surface area contributed by atoms with Crippen molar-refractivity contribution in [2.24, 2.45) is 0 Å². The second-order valence-corrected chi connectivity index (χ2v) is 4.42. The monoisotopic (exact) mass is 273 g/mol. The van der Waals surface area contributed by atoms with Gasteiger partial charge in [0.05, 0.1) is 12.2 Å². The lowest BCUT2D eigenvalue weighted by molar-refractivity contribution is 0.0703. The number of halogens is 1. The Hall–Kier alpha value is -2.20. The van der Waals surface area contributed by atoms with Crippen molar-refractivity contribution in [3.8, 4) is 0 Å². The molecule has 0 fully saturated rings. The molecule has 2 aromatic rings. The molecule has 0 aliphatic heterocycles. The summed E-state index contributed by atoms with van der Waals surface area (Å²) in [6, 6.07) is 15.3. The van der Waals surface area contributed by atoms with E-state index in [1.54, 1.807) is 12.1 Å². The van der Waals surface area contributed by atoms with Crippen LogP contribution in [0.1, 0.15) is 15.9 Å². The second kappa shape index (κ2) is 6.82.